The molecule has 1 aromatic rings. The highest BCUT2D eigenvalue weighted by atomic mass is 35.5. The predicted octanol–water partition coefficient (Wildman–Crippen LogP) is 1.06. The highest BCUT2D eigenvalue weighted by Crippen LogP contribution is 2.06. The Bertz CT molecular complexity index is 304. The van der Waals surface area contributed by atoms with Gasteiger partial charge in [0.1, 0.15) is 4.88 Å². The smallest absolute Gasteiger partial charge is 0.264 e. The number of nitrogens with one attached hydrogen (secondary N) is 1. The van der Waals surface area contributed by atoms with Gasteiger partial charge in [0.25, 0.3) is 5.91 Å². The van der Waals surface area contributed by atoms with Crippen molar-refractivity contribution in [2.75, 3.05) is 6.54 Å². The summed E-state index contributed by atoms with van der Waals surface area (Å²) in [5.74, 6) is 0.375. The predicted molar refractivity (Wildman–Crippen MR) is 66.9 cm³/mol. The Balaban J connectivity index is 0.00000225. The Morgan fingerprint density at radius 2 is 2.31 bits per heavy atom. The molecule has 0 radical (unpaired) electrons. The van der Waals surface area contributed by atoms with Crippen LogP contribution in [0.5, 0.6) is 0 Å². The number of rotatable bonds is 5. The van der Waals surface area contributed by atoms with E-state index in [1.807, 2.05) is 0 Å². The maximum absolute atomic E-state index is 11.6. The van der Waals surface area contributed by atoms with E-state index in [0.717, 1.165) is 18.0 Å². The quantitative estimate of drug-likeness (QED) is 0.833. The fraction of sp³-hybridized carbons (Fsp3) is 0.667. The third-order valence-corrected chi connectivity index (χ3v) is 2.62. The molecule has 1 rings (SSSR count). The molecular weight excluding hydrogens is 248 g/mol. The van der Waals surface area contributed by atoms with Crippen LogP contribution in [-0.4, -0.2) is 28.1 Å². The van der Waals surface area contributed by atoms with Crippen molar-refractivity contribution >= 4 is 29.8 Å². The molecule has 0 saturated heterocycles. The summed E-state index contributed by atoms with van der Waals surface area (Å²) in [5.41, 5.74) is 5.58. The number of hydrogen-bond acceptors (Lipinski definition) is 5. The van der Waals surface area contributed by atoms with Gasteiger partial charge < -0.3 is 11.1 Å². The van der Waals surface area contributed by atoms with Gasteiger partial charge in [-0.1, -0.05) is 18.3 Å². The van der Waals surface area contributed by atoms with Gasteiger partial charge in [-0.25, -0.2) is 0 Å². The zero-order chi connectivity index (χ0) is 11.3. The van der Waals surface area contributed by atoms with Crippen LogP contribution < -0.4 is 11.1 Å². The van der Waals surface area contributed by atoms with Crippen LogP contribution in [0.1, 0.15) is 29.9 Å². The monoisotopic (exact) mass is 264 g/mol. The second-order valence-corrected chi connectivity index (χ2v) is 4.60. The van der Waals surface area contributed by atoms with Crippen LogP contribution in [0.2, 0.25) is 0 Å². The number of carbonyl (C=O) groups excluding carboxylic acids is 1. The minimum absolute atomic E-state index is 0. The van der Waals surface area contributed by atoms with Crippen LogP contribution in [0, 0.1) is 5.92 Å². The highest BCUT2D eigenvalue weighted by molar-refractivity contribution is 7.07. The zero-order valence-corrected chi connectivity index (χ0v) is 11.0. The largest absolute Gasteiger partial charge is 0.347 e. The lowest BCUT2D eigenvalue weighted by molar-refractivity contribution is 0.0937. The first-order valence-electron chi connectivity index (χ1n) is 4.91. The number of nitrogens with zero attached hydrogens (tertiary/aromatic N) is 2. The van der Waals surface area contributed by atoms with E-state index in [4.69, 9.17) is 5.73 Å². The molecule has 0 spiro atoms. The van der Waals surface area contributed by atoms with Gasteiger partial charge in [-0.15, -0.1) is 17.5 Å². The molecule has 0 saturated carbocycles. The third kappa shape index (κ3) is 4.87. The molecule has 92 valence electrons. The van der Waals surface area contributed by atoms with Gasteiger partial charge in [0.15, 0.2) is 0 Å². The topological polar surface area (TPSA) is 80.9 Å². The molecule has 0 fully saturated rings. The van der Waals surface area contributed by atoms with Crippen molar-refractivity contribution in [3.63, 3.8) is 0 Å². The summed E-state index contributed by atoms with van der Waals surface area (Å²) >= 11 is 1.09. The van der Waals surface area contributed by atoms with E-state index in [9.17, 15) is 4.79 Å². The Hall–Kier alpha value is -0.720. The zero-order valence-electron chi connectivity index (χ0n) is 9.34. The second kappa shape index (κ2) is 7.54. The van der Waals surface area contributed by atoms with E-state index in [2.05, 4.69) is 28.8 Å². The van der Waals surface area contributed by atoms with E-state index in [0.29, 0.717) is 17.3 Å². The van der Waals surface area contributed by atoms with Crippen LogP contribution in [0.4, 0.5) is 0 Å². The van der Waals surface area contributed by atoms with Gasteiger partial charge in [0.2, 0.25) is 0 Å². The molecule has 7 heteroatoms. The normalized spacial score (nSPS) is 12.0. The fourth-order valence-electron chi connectivity index (χ4n) is 1.31. The van der Waals surface area contributed by atoms with E-state index >= 15 is 0 Å². The standard InChI is InChI=1S/C9H16N4OS.ClH/c1-6(2)3-7(4-10)12-9(14)8-5-11-13-15-8;/h5-7H,3-4,10H2,1-2H3,(H,12,14);1H. The number of carbonyl (C=O) groups is 1. The Morgan fingerprint density at radius 1 is 1.62 bits per heavy atom. The number of nitrogens with two attached hydrogens (primary N) is 1. The SMILES string of the molecule is CC(C)CC(CN)NC(=O)c1cnns1.Cl. The third-order valence-electron chi connectivity index (χ3n) is 1.96. The average Bonchev–Trinajstić information content (AvgIpc) is 2.68. The summed E-state index contributed by atoms with van der Waals surface area (Å²) in [5, 5.41) is 6.48. The van der Waals surface area contributed by atoms with Crippen molar-refractivity contribution in [2.24, 2.45) is 11.7 Å². The molecule has 1 unspecified atom stereocenters. The molecule has 0 aliphatic carbocycles. The molecule has 5 nitrogen and oxygen atoms in total. The number of halogens is 1. The number of amides is 1. The maximum Gasteiger partial charge on any atom is 0.264 e. The summed E-state index contributed by atoms with van der Waals surface area (Å²) in [6, 6.07) is 0.0274. The molecular formula is C9H17ClN4OS. The average molecular weight is 265 g/mol. The fourth-order valence-corrected chi connectivity index (χ4v) is 1.73. The van der Waals surface area contributed by atoms with Crippen LogP contribution in [0.25, 0.3) is 0 Å². The lowest BCUT2D eigenvalue weighted by Crippen LogP contribution is -2.40. The molecule has 1 heterocycles. The molecule has 0 aliphatic heterocycles. The molecule has 0 aromatic carbocycles. The molecule has 1 amide bonds. The van der Waals surface area contributed by atoms with Crippen molar-refractivity contribution < 1.29 is 4.79 Å². The molecule has 1 atom stereocenters. The van der Waals surface area contributed by atoms with Crippen molar-refractivity contribution in [3.8, 4) is 0 Å². The van der Waals surface area contributed by atoms with Gasteiger partial charge in [-0.2, -0.15) is 0 Å². The van der Waals surface area contributed by atoms with Crippen molar-refractivity contribution in [1.82, 2.24) is 14.9 Å². The van der Waals surface area contributed by atoms with Gasteiger partial charge in [0, 0.05) is 12.6 Å². The summed E-state index contributed by atoms with van der Waals surface area (Å²) in [6.45, 7) is 4.66. The molecule has 16 heavy (non-hydrogen) atoms. The lowest BCUT2D eigenvalue weighted by Gasteiger charge is -2.17. The lowest BCUT2D eigenvalue weighted by atomic mass is 10.0. The van der Waals surface area contributed by atoms with E-state index in [1.54, 1.807) is 0 Å². The molecule has 0 aliphatic rings. The first-order chi connectivity index (χ1) is 7.13. The Morgan fingerprint density at radius 3 is 2.75 bits per heavy atom. The summed E-state index contributed by atoms with van der Waals surface area (Å²) in [7, 11) is 0. The number of hydrogen-bond donors (Lipinski definition) is 2. The maximum atomic E-state index is 11.6. The second-order valence-electron chi connectivity index (χ2n) is 3.82. The van der Waals surface area contributed by atoms with Crippen molar-refractivity contribution in [3.05, 3.63) is 11.1 Å². The summed E-state index contributed by atoms with van der Waals surface area (Å²) < 4.78 is 3.64. The molecule has 0 bridgehead atoms. The minimum Gasteiger partial charge on any atom is -0.347 e. The van der Waals surface area contributed by atoms with Gasteiger partial charge in [-0.05, 0) is 23.9 Å². The summed E-state index contributed by atoms with van der Waals surface area (Å²) in [6.07, 6.45) is 2.34. The van der Waals surface area contributed by atoms with Gasteiger partial charge in [-0.3, -0.25) is 4.79 Å². The highest BCUT2D eigenvalue weighted by Gasteiger charge is 2.15. The Labute approximate surface area is 105 Å². The van der Waals surface area contributed by atoms with Crippen LogP contribution in [-0.2, 0) is 0 Å². The first-order valence-corrected chi connectivity index (χ1v) is 5.69. The molecule has 1 aromatic heterocycles. The van der Waals surface area contributed by atoms with Crippen molar-refractivity contribution in [2.45, 2.75) is 26.3 Å². The van der Waals surface area contributed by atoms with E-state index in [1.165, 1.54) is 6.20 Å². The van der Waals surface area contributed by atoms with Crippen LogP contribution in [0.15, 0.2) is 6.20 Å². The summed E-state index contributed by atoms with van der Waals surface area (Å²) in [4.78, 5) is 12.1. The first kappa shape index (κ1) is 15.3. The molecule has 3 N–H and O–H groups in total. The van der Waals surface area contributed by atoms with E-state index < -0.39 is 0 Å². The van der Waals surface area contributed by atoms with Crippen LogP contribution >= 0.6 is 23.9 Å². The minimum atomic E-state index is -0.138. The van der Waals surface area contributed by atoms with Crippen molar-refractivity contribution in [1.29, 1.82) is 0 Å². The van der Waals surface area contributed by atoms with Gasteiger partial charge in [0.05, 0.1) is 6.20 Å². The van der Waals surface area contributed by atoms with Gasteiger partial charge >= 0.3 is 0 Å². The number of aromatic nitrogens is 2. The van der Waals surface area contributed by atoms with Crippen LogP contribution in [0.3, 0.4) is 0 Å². The van der Waals surface area contributed by atoms with E-state index in [-0.39, 0.29) is 24.4 Å². The Kier molecular flexibility index (Phi) is 7.20.